The molecule has 7 heteroatoms. The Labute approximate surface area is 74.8 Å². The third kappa shape index (κ3) is 1.26. The maximum atomic E-state index is 11.3. The van der Waals surface area contributed by atoms with E-state index < -0.39 is 10.0 Å². The van der Waals surface area contributed by atoms with Gasteiger partial charge in [0.15, 0.2) is 5.82 Å². The van der Waals surface area contributed by atoms with Crippen LogP contribution in [0, 0.1) is 6.92 Å². The second-order valence-corrected chi connectivity index (χ2v) is 4.15. The van der Waals surface area contributed by atoms with Gasteiger partial charge in [0.25, 0.3) is 10.0 Å². The molecule has 0 spiro atoms. The van der Waals surface area contributed by atoms with Crippen molar-refractivity contribution in [3.63, 3.8) is 0 Å². The molecular weight excluding hydrogens is 192 g/mol. The summed E-state index contributed by atoms with van der Waals surface area (Å²) in [6.07, 6.45) is 1.08. The van der Waals surface area contributed by atoms with Crippen LogP contribution in [0.15, 0.2) is 15.4 Å². The molecule has 0 radical (unpaired) electrons. The van der Waals surface area contributed by atoms with Crippen LogP contribution in [0.3, 0.4) is 0 Å². The molecule has 0 bridgehead atoms. The highest BCUT2D eigenvalue weighted by Gasteiger charge is 2.22. The molecule has 0 saturated carbocycles. The van der Waals surface area contributed by atoms with E-state index in [0.717, 1.165) is 6.34 Å². The van der Waals surface area contributed by atoms with Gasteiger partial charge in [0.2, 0.25) is 0 Å². The summed E-state index contributed by atoms with van der Waals surface area (Å²) in [5.41, 5.74) is 0.543. The van der Waals surface area contributed by atoms with Crippen molar-refractivity contribution in [2.45, 2.75) is 11.8 Å². The molecule has 68 valence electrons. The maximum absolute atomic E-state index is 11.3. The summed E-state index contributed by atoms with van der Waals surface area (Å²) >= 11 is 0. The predicted molar refractivity (Wildman–Crippen MR) is 46.1 cm³/mol. The lowest BCUT2D eigenvalue weighted by atomic mass is 10.4. The molecular formula is C6H6N4O2S. The minimum Gasteiger partial charge on any atom is -0.328 e. The van der Waals surface area contributed by atoms with Crippen LogP contribution < -0.4 is 5.32 Å². The first-order chi connectivity index (χ1) is 6.09. The Bertz CT molecular complexity index is 479. The molecule has 6 nitrogen and oxygen atoms in total. The van der Waals surface area contributed by atoms with Gasteiger partial charge in [-0.25, -0.2) is 0 Å². The molecule has 2 heterocycles. The second kappa shape index (κ2) is 2.49. The summed E-state index contributed by atoms with van der Waals surface area (Å²) in [6.45, 7) is 1.67. The molecule has 0 saturated heterocycles. The smallest absolute Gasteiger partial charge is 0.287 e. The van der Waals surface area contributed by atoms with Crippen LogP contribution in [-0.4, -0.2) is 25.0 Å². The van der Waals surface area contributed by atoms with Crippen LogP contribution in [-0.2, 0) is 10.0 Å². The fourth-order valence-corrected chi connectivity index (χ4v) is 1.94. The molecule has 1 aliphatic heterocycles. The number of anilines is 1. The molecule has 1 N–H and O–H groups in total. The Kier molecular flexibility index (Phi) is 1.56. The molecule has 1 aliphatic rings. The Morgan fingerprint density at radius 3 is 2.92 bits per heavy atom. The highest BCUT2D eigenvalue weighted by atomic mass is 32.2. The molecule has 1 aromatic rings. The minimum atomic E-state index is -3.56. The van der Waals surface area contributed by atoms with Crippen molar-refractivity contribution in [3.05, 3.63) is 11.8 Å². The molecule has 0 aliphatic carbocycles. The molecule has 0 amide bonds. The number of fused-ring (bicyclic) bond motifs is 1. The van der Waals surface area contributed by atoms with E-state index in [0.29, 0.717) is 5.69 Å². The average Bonchev–Trinajstić information content (AvgIpc) is 2.06. The number of hydrogen-bond acceptors (Lipinski definition) is 5. The van der Waals surface area contributed by atoms with E-state index in [-0.39, 0.29) is 10.7 Å². The number of aromatic nitrogens is 2. The standard InChI is InChI=1S/C6H6N4O2S/c1-4-2-5-6(10-9-4)7-3-8-13(5,11)12/h2-3H,1H3,(H,7,8,10). The van der Waals surface area contributed by atoms with E-state index in [4.69, 9.17) is 0 Å². The first-order valence-electron chi connectivity index (χ1n) is 3.49. The van der Waals surface area contributed by atoms with E-state index in [2.05, 4.69) is 19.9 Å². The zero-order valence-electron chi connectivity index (χ0n) is 6.72. The maximum Gasteiger partial charge on any atom is 0.287 e. The summed E-state index contributed by atoms with van der Waals surface area (Å²) in [5.74, 6) is 0.223. The lowest BCUT2D eigenvalue weighted by Gasteiger charge is -2.09. The number of sulfonamides is 1. The van der Waals surface area contributed by atoms with Gasteiger partial charge in [-0.1, -0.05) is 0 Å². The Morgan fingerprint density at radius 2 is 2.15 bits per heavy atom. The Morgan fingerprint density at radius 1 is 1.38 bits per heavy atom. The summed E-state index contributed by atoms with van der Waals surface area (Å²) in [4.78, 5) is 0.0718. The predicted octanol–water partition coefficient (Wildman–Crippen LogP) is -0.0725. The monoisotopic (exact) mass is 198 g/mol. The van der Waals surface area contributed by atoms with Crippen molar-refractivity contribution in [1.29, 1.82) is 0 Å². The molecule has 1 aromatic heterocycles. The highest BCUT2D eigenvalue weighted by Crippen LogP contribution is 2.22. The van der Waals surface area contributed by atoms with Crippen molar-refractivity contribution in [2.75, 3.05) is 5.32 Å². The summed E-state index contributed by atoms with van der Waals surface area (Å²) < 4.78 is 26.0. The van der Waals surface area contributed by atoms with Gasteiger partial charge in [-0.15, -0.1) is 9.50 Å². The highest BCUT2D eigenvalue weighted by molar-refractivity contribution is 7.90. The zero-order valence-corrected chi connectivity index (χ0v) is 7.54. The number of hydrogen-bond donors (Lipinski definition) is 1. The van der Waals surface area contributed by atoms with Gasteiger partial charge in [0.05, 0.1) is 5.69 Å². The fraction of sp³-hybridized carbons (Fsp3) is 0.167. The number of rotatable bonds is 0. The van der Waals surface area contributed by atoms with Gasteiger partial charge in [-0.3, -0.25) is 0 Å². The third-order valence-corrected chi connectivity index (χ3v) is 2.80. The van der Waals surface area contributed by atoms with Gasteiger partial charge in [0.1, 0.15) is 11.2 Å². The number of nitrogens with one attached hydrogen (secondary N) is 1. The van der Waals surface area contributed by atoms with Crippen LogP contribution in [0.1, 0.15) is 5.69 Å². The largest absolute Gasteiger partial charge is 0.328 e. The Hall–Kier alpha value is -1.50. The van der Waals surface area contributed by atoms with E-state index in [1.54, 1.807) is 6.92 Å². The van der Waals surface area contributed by atoms with Crippen LogP contribution in [0.4, 0.5) is 5.82 Å². The normalized spacial score (nSPS) is 17.6. The molecule has 0 aromatic carbocycles. The number of nitrogens with zero attached hydrogens (tertiary/aromatic N) is 3. The van der Waals surface area contributed by atoms with Gasteiger partial charge >= 0.3 is 0 Å². The lowest BCUT2D eigenvalue weighted by molar-refractivity contribution is 0.597. The summed E-state index contributed by atoms with van der Waals surface area (Å²) in [6, 6.07) is 1.43. The van der Waals surface area contributed by atoms with E-state index in [9.17, 15) is 8.42 Å². The van der Waals surface area contributed by atoms with Crippen LogP contribution in [0.25, 0.3) is 0 Å². The lowest BCUT2D eigenvalue weighted by Crippen LogP contribution is -2.14. The van der Waals surface area contributed by atoms with Crippen molar-refractivity contribution < 1.29 is 8.42 Å². The second-order valence-electron chi connectivity index (χ2n) is 2.55. The van der Waals surface area contributed by atoms with Crippen molar-refractivity contribution in [2.24, 2.45) is 4.40 Å². The quantitative estimate of drug-likeness (QED) is 0.630. The van der Waals surface area contributed by atoms with Gasteiger partial charge in [-0.05, 0) is 13.0 Å². The fourth-order valence-electron chi connectivity index (χ4n) is 0.975. The number of aryl methyl sites for hydroxylation is 1. The van der Waals surface area contributed by atoms with Crippen molar-refractivity contribution in [1.82, 2.24) is 10.2 Å². The third-order valence-electron chi connectivity index (χ3n) is 1.55. The molecule has 0 unspecified atom stereocenters. The van der Waals surface area contributed by atoms with E-state index in [1.165, 1.54) is 6.07 Å². The SMILES string of the molecule is Cc1cc2c(nn1)NC=NS2(=O)=O. The van der Waals surface area contributed by atoms with Crippen molar-refractivity contribution in [3.8, 4) is 0 Å². The van der Waals surface area contributed by atoms with Crippen molar-refractivity contribution >= 4 is 22.2 Å². The molecule has 2 rings (SSSR count). The Balaban J connectivity index is 2.74. The molecule has 0 atom stereocenters. The van der Waals surface area contributed by atoms with E-state index >= 15 is 0 Å². The van der Waals surface area contributed by atoms with Crippen LogP contribution >= 0.6 is 0 Å². The average molecular weight is 198 g/mol. The van der Waals surface area contributed by atoms with Crippen LogP contribution in [0.5, 0.6) is 0 Å². The van der Waals surface area contributed by atoms with Gasteiger partial charge in [0, 0.05) is 0 Å². The topological polar surface area (TPSA) is 84.3 Å². The molecule has 0 fully saturated rings. The zero-order chi connectivity index (χ0) is 9.47. The summed E-state index contributed by atoms with van der Waals surface area (Å²) in [5, 5.41) is 10.0. The van der Waals surface area contributed by atoms with E-state index in [1.807, 2.05) is 0 Å². The summed E-state index contributed by atoms with van der Waals surface area (Å²) in [7, 11) is -3.56. The van der Waals surface area contributed by atoms with Gasteiger partial charge in [-0.2, -0.15) is 13.5 Å². The van der Waals surface area contributed by atoms with Crippen LogP contribution in [0.2, 0.25) is 0 Å². The minimum absolute atomic E-state index is 0.0718. The first-order valence-corrected chi connectivity index (χ1v) is 4.93. The van der Waals surface area contributed by atoms with Gasteiger partial charge < -0.3 is 5.32 Å². The first kappa shape index (κ1) is 8.11. The molecule has 13 heavy (non-hydrogen) atoms.